The Balaban J connectivity index is 2.17. The summed E-state index contributed by atoms with van der Waals surface area (Å²) in [7, 11) is 0. The minimum atomic E-state index is 0.381. The summed E-state index contributed by atoms with van der Waals surface area (Å²) in [5.74, 6) is 0.780. The lowest BCUT2D eigenvalue weighted by molar-refractivity contribution is 0.384. The van der Waals surface area contributed by atoms with Crippen LogP contribution in [0, 0.1) is 13.8 Å². The zero-order valence-corrected chi connectivity index (χ0v) is 11.2. The van der Waals surface area contributed by atoms with Crippen LogP contribution in [-0.4, -0.2) is 10.1 Å². The number of rotatable bonds is 4. The van der Waals surface area contributed by atoms with Crippen LogP contribution in [0.5, 0.6) is 0 Å². The van der Waals surface area contributed by atoms with Crippen LogP contribution in [0.25, 0.3) is 0 Å². The fraction of sp³-hybridized carbons (Fsp3) is 0.231. The molecule has 2 rings (SSSR count). The van der Waals surface area contributed by atoms with Gasteiger partial charge in [0.15, 0.2) is 5.76 Å². The van der Waals surface area contributed by atoms with Gasteiger partial charge in [-0.25, -0.2) is 0 Å². The van der Waals surface area contributed by atoms with Crippen molar-refractivity contribution in [2.45, 2.75) is 20.4 Å². The first-order valence-electron chi connectivity index (χ1n) is 5.63. The third-order valence-electron chi connectivity index (χ3n) is 2.57. The minimum Gasteiger partial charge on any atom is -0.389 e. The average molecular weight is 261 g/mol. The van der Waals surface area contributed by atoms with Crippen molar-refractivity contribution in [1.82, 2.24) is 5.16 Å². The van der Waals surface area contributed by atoms with Gasteiger partial charge in [-0.3, -0.25) is 0 Å². The molecule has 0 aliphatic rings. The molecule has 0 fully saturated rings. The van der Waals surface area contributed by atoms with Crippen LogP contribution in [0.3, 0.4) is 0 Å². The van der Waals surface area contributed by atoms with E-state index in [-0.39, 0.29) is 0 Å². The molecule has 0 saturated carbocycles. The number of anilines is 1. The molecule has 0 aliphatic carbocycles. The standard InChI is InChI=1S/C13H15N3OS/c1-8-3-4-11(13(14)18)12(5-8)15-7-10-6-9(2)16-17-10/h3-6,15H,7H2,1-2H3,(H2,14,18). The Bertz CT molecular complexity index is 577. The molecule has 0 atom stereocenters. The summed E-state index contributed by atoms with van der Waals surface area (Å²) in [6.45, 7) is 4.47. The summed E-state index contributed by atoms with van der Waals surface area (Å²) in [6.07, 6.45) is 0. The highest BCUT2D eigenvalue weighted by Crippen LogP contribution is 2.18. The van der Waals surface area contributed by atoms with Crippen LogP contribution in [0.2, 0.25) is 0 Å². The molecule has 0 radical (unpaired) electrons. The largest absolute Gasteiger partial charge is 0.389 e. The highest BCUT2D eigenvalue weighted by molar-refractivity contribution is 7.80. The van der Waals surface area contributed by atoms with Gasteiger partial charge in [0.25, 0.3) is 0 Å². The molecule has 94 valence electrons. The third-order valence-corrected chi connectivity index (χ3v) is 2.79. The van der Waals surface area contributed by atoms with Crippen LogP contribution >= 0.6 is 12.2 Å². The highest BCUT2D eigenvalue weighted by atomic mass is 32.1. The molecule has 0 unspecified atom stereocenters. The zero-order chi connectivity index (χ0) is 13.1. The number of nitrogens with one attached hydrogen (secondary N) is 1. The fourth-order valence-corrected chi connectivity index (χ4v) is 1.88. The van der Waals surface area contributed by atoms with Gasteiger partial charge in [-0.05, 0) is 31.5 Å². The van der Waals surface area contributed by atoms with E-state index in [1.807, 2.05) is 38.1 Å². The molecule has 0 spiro atoms. The second-order valence-corrected chi connectivity index (χ2v) is 4.64. The van der Waals surface area contributed by atoms with Gasteiger partial charge in [0.05, 0.1) is 12.2 Å². The molecule has 0 bridgehead atoms. The third kappa shape index (κ3) is 2.87. The molecule has 0 saturated heterocycles. The first-order chi connectivity index (χ1) is 8.56. The van der Waals surface area contributed by atoms with E-state index < -0.39 is 0 Å². The van der Waals surface area contributed by atoms with E-state index >= 15 is 0 Å². The Morgan fingerprint density at radius 3 is 2.78 bits per heavy atom. The first-order valence-corrected chi connectivity index (χ1v) is 6.03. The van der Waals surface area contributed by atoms with Gasteiger partial charge >= 0.3 is 0 Å². The lowest BCUT2D eigenvalue weighted by atomic mass is 10.1. The van der Waals surface area contributed by atoms with Crippen molar-refractivity contribution in [1.29, 1.82) is 0 Å². The quantitative estimate of drug-likeness (QED) is 0.828. The van der Waals surface area contributed by atoms with Crippen molar-refractivity contribution in [2.75, 3.05) is 5.32 Å². The first kappa shape index (κ1) is 12.6. The molecule has 1 aromatic carbocycles. The number of aromatic nitrogens is 1. The van der Waals surface area contributed by atoms with E-state index in [1.165, 1.54) is 0 Å². The summed E-state index contributed by atoms with van der Waals surface area (Å²) < 4.78 is 5.14. The van der Waals surface area contributed by atoms with Gasteiger partial charge in [0.1, 0.15) is 4.99 Å². The van der Waals surface area contributed by atoms with Gasteiger partial charge in [-0.2, -0.15) is 0 Å². The summed E-state index contributed by atoms with van der Waals surface area (Å²) >= 11 is 5.03. The highest BCUT2D eigenvalue weighted by Gasteiger charge is 2.06. The molecule has 2 aromatic rings. The van der Waals surface area contributed by atoms with Crippen LogP contribution in [0.1, 0.15) is 22.6 Å². The van der Waals surface area contributed by atoms with E-state index in [0.29, 0.717) is 11.5 Å². The van der Waals surface area contributed by atoms with Gasteiger partial charge in [-0.1, -0.05) is 23.4 Å². The SMILES string of the molecule is Cc1ccc(C(N)=S)c(NCc2cc(C)no2)c1. The molecule has 3 N–H and O–H groups in total. The lowest BCUT2D eigenvalue weighted by Crippen LogP contribution is -2.13. The van der Waals surface area contributed by atoms with Crippen LogP contribution in [-0.2, 0) is 6.54 Å². The minimum absolute atomic E-state index is 0.381. The number of hydrogen-bond donors (Lipinski definition) is 2. The molecule has 1 heterocycles. The van der Waals surface area contributed by atoms with E-state index in [0.717, 1.165) is 28.3 Å². The smallest absolute Gasteiger partial charge is 0.156 e. The molecular formula is C13H15N3OS. The number of nitrogens with two attached hydrogens (primary N) is 1. The van der Waals surface area contributed by atoms with Crippen molar-refractivity contribution >= 4 is 22.9 Å². The van der Waals surface area contributed by atoms with E-state index in [1.54, 1.807) is 0 Å². The van der Waals surface area contributed by atoms with Crippen LogP contribution < -0.4 is 11.1 Å². The van der Waals surface area contributed by atoms with Crippen molar-refractivity contribution < 1.29 is 4.52 Å². The van der Waals surface area contributed by atoms with E-state index in [2.05, 4.69) is 10.5 Å². The number of aryl methyl sites for hydroxylation is 2. The van der Waals surface area contributed by atoms with Crippen molar-refractivity contribution in [3.8, 4) is 0 Å². The van der Waals surface area contributed by atoms with Gasteiger partial charge in [-0.15, -0.1) is 0 Å². The molecule has 5 heteroatoms. The van der Waals surface area contributed by atoms with Gasteiger partial charge < -0.3 is 15.6 Å². The Hall–Kier alpha value is -1.88. The predicted octanol–water partition coefficient (Wildman–Crippen LogP) is 2.54. The molecule has 0 aliphatic heterocycles. The van der Waals surface area contributed by atoms with Crippen LogP contribution in [0.15, 0.2) is 28.8 Å². The second-order valence-electron chi connectivity index (χ2n) is 4.20. The molecule has 18 heavy (non-hydrogen) atoms. The Morgan fingerprint density at radius 2 is 2.17 bits per heavy atom. The molecular weight excluding hydrogens is 246 g/mol. The monoisotopic (exact) mass is 261 g/mol. The number of nitrogens with zero attached hydrogens (tertiary/aromatic N) is 1. The maximum absolute atomic E-state index is 5.69. The predicted molar refractivity (Wildman–Crippen MR) is 75.6 cm³/mol. The topological polar surface area (TPSA) is 64.1 Å². The second kappa shape index (κ2) is 5.18. The molecule has 4 nitrogen and oxygen atoms in total. The Kier molecular flexibility index (Phi) is 3.62. The van der Waals surface area contributed by atoms with E-state index in [4.69, 9.17) is 22.5 Å². The summed E-state index contributed by atoms with van der Waals surface area (Å²) in [6, 6.07) is 7.81. The summed E-state index contributed by atoms with van der Waals surface area (Å²) in [4.78, 5) is 0.381. The molecule has 0 amide bonds. The van der Waals surface area contributed by atoms with Gasteiger partial charge in [0, 0.05) is 17.3 Å². The Morgan fingerprint density at radius 1 is 1.39 bits per heavy atom. The Labute approximate surface area is 111 Å². The average Bonchev–Trinajstić information content (AvgIpc) is 2.72. The van der Waals surface area contributed by atoms with Crippen molar-refractivity contribution in [3.63, 3.8) is 0 Å². The lowest BCUT2D eigenvalue weighted by Gasteiger charge is -2.10. The summed E-state index contributed by atoms with van der Waals surface area (Å²) in [5.41, 5.74) is 9.46. The molecule has 1 aromatic heterocycles. The maximum atomic E-state index is 5.69. The van der Waals surface area contributed by atoms with E-state index in [9.17, 15) is 0 Å². The van der Waals surface area contributed by atoms with Gasteiger partial charge in [0.2, 0.25) is 0 Å². The number of thiocarbonyl (C=S) groups is 1. The fourth-order valence-electron chi connectivity index (χ4n) is 1.70. The van der Waals surface area contributed by atoms with Crippen molar-refractivity contribution in [3.05, 3.63) is 46.8 Å². The number of hydrogen-bond acceptors (Lipinski definition) is 4. The van der Waals surface area contributed by atoms with Crippen molar-refractivity contribution in [2.24, 2.45) is 5.73 Å². The maximum Gasteiger partial charge on any atom is 0.156 e. The summed E-state index contributed by atoms with van der Waals surface area (Å²) in [5, 5.41) is 7.10. The number of benzene rings is 1. The normalized spacial score (nSPS) is 10.3. The zero-order valence-electron chi connectivity index (χ0n) is 10.4. The van der Waals surface area contributed by atoms with Crippen LogP contribution in [0.4, 0.5) is 5.69 Å².